The molecule has 19 heavy (non-hydrogen) atoms. The van der Waals surface area contributed by atoms with E-state index in [2.05, 4.69) is 51.8 Å². The van der Waals surface area contributed by atoms with E-state index in [1.807, 2.05) is 12.1 Å². The highest BCUT2D eigenvalue weighted by Crippen LogP contribution is 2.09. The minimum atomic E-state index is 0.546. The van der Waals surface area contributed by atoms with Gasteiger partial charge in [0.15, 0.2) is 0 Å². The molecule has 1 heterocycles. The summed E-state index contributed by atoms with van der Waals surface area (Å²) in [6.45, 7) is 5.79. The molecule has 2 aromatic rings. The van der Waals surface area contributed by atoms with Crippen molar-refractivity contribution in [3.8, 4) is 0 Å². The molecule has 100 valence electrons. The average molecular weight is 257 g/mol. The van der Waals surface area contributed by atoms with Crippen molar-refractivity contribution in [2.75, 3.05) is 17.2 Å². The van der Waals surface area contributed by atoms with Gasteiger partial charge in [-0.25, -0.2) is 0 Å². The predicted octanol–water partition coefficient (Wildman–Crippen LogP) is 2.61. The Bertz CT molecular complexity index is 527. The summed E-state index contributed by atoms with van der Waals surface area (Å²) in [6.07, 6.45) is 2.69. The molecule has 2 rings (SSSR count). The van der Waals surface area contributed by atoms with E-state index in [4.69, 9.17) is 0 Å². The van der Waals surface area contributed by atoms with Crippen LogP contribution in [0.2, 0.25) is 0 Å². The average Bonchev–Trinajstić information content (AvgIpc) is 2.45. The fourth-order valence-corrected chi connectivity index (χ4v) is 1.70. The third-order valence-electron chi connectivity index (χ3n) is 2.81. The van der Waals surface area contributed by atoms with Gasteiger partial charge in [-0.15, -0.1) is 5.10 Å². The van der Waals surface area contributed by atoms with Crippen molar-refractivity contribution >= 4 is 11.8 Å². The summed E-state index contributed by atoms with van der Waals surface area (Å²) in [5, 5.41) is 14.3. The van der Waals surface area contributed by atoms with E-state index in [0.717, 1.165) is 18.8 Å². The number of hydrogen-bond acceptors (Lipinski definition) is 5. The number of aromatic nitrogens is 3. The topological polar surface area (TPSA) is 62.7 Å². The Hall–Kier alpha value is -2.17. The van der Waals surface area contributed by atoms with Gasteiger partial charge in [-0.05, 0) is 24.5 Å². The zero-order valence-corrected chi connectivity index (χ0v) is 11.3. The van der Waals surface area contributed by atoms with Crippen LogP contribution < -0.4 is 10.6 Å². The van der Waals surface area contributed by atoms with Gasteiger partial charge in [0.25, 0.3) is 0 Å². The smallest absolute Gasteiger partial charge is 0.244 e. The lowest BCUT2D eigenvalue weighted by Gasteiger charge is -2.08. The first kappa shape index (κ1) is 13.3. The maximum Gasteiger partial charge on any atom is 0.244 e. The van der Waals surface area contributed by atoms with Crippen LogP contribution in [0.4, 0.5) is 11.8 Å². The quantitative estimate of drug-likeness (QED) is 0.833. The van der Waals surface area contributed by atoms with Crippen molar-refractivity contribution in [3.05, 3.63) is 41.6 Å². The molecule has 0 saturated heterocycles. The molecule has 0 fully saturated rings. The summed E-state index contributed by atoms with van der Waals surface area (Å²) in [5.74, 6) is 1.30. The maximum absolute atomic E-state index is 4.36. The summed E-state index contributed by atoms with van der Waals surface area (Å²) in [4.78, 5) is 4.36. The van der Waals surface area contributed by atoms with E-state index in [1.165, 1.54) is 11.1 Å². The van der Waals surface area contributed by atoms with Crippen molar-refractivity contribution in [2.24, 2.45) is 0 Å². The van der Waals surface area contributed by atoms with E-state index in [-0.39, 0.29) is 0 Å². The lowest BCUT2D eigenvalue weighted by molar-refractivity contribution is 0.918. The maximum atomic E-state index is 4.36. The molecule has 5 heteroatoms. The zero-order valence-electron chi connectivity index (χ0n) is 11.3. The molecule has 0 spiro atoms. The van der Waals surface area contributed by atoms with Crippen LogP contribution in [0.25, 0.3) is 0 Å². The fourth-order valence-electron chi connectivity index (χ4n) is 1.70. The monoisotopic (exact) mass is 257 g/mol. The number of nitrogens with zero attached hydrogens (tertiary/aromatic N) is 3. The zero-order chi connectivity index (χ0) is 13.5. The van der Waals surface area contributed by atoms with Crippen molar-refractivity contribution < 1.29 is 0 Å². The molecule has 1 aromatic carbocycles. The Morgan fingerprint density at radius 3 is 2.79 bits per heavy atom. The van der Waals surface area contributed by atoms with Crippen LogP contribution in [0.5, 0.6) is 0 Å². The summed E-state index contributed by atoms with van der Waals surface area (Å²) >= 11 is 0. The van der Waals surface area contributed by atoms with Gasteiger partial charge in [-0.1, -0.05) is 31.2 Å². The summed E-state index contributed by atoms with van der Waals surface area (Å²) in [5.41, 5.74) is 2.49. The highest BCUT2D eigenvalue weighted by atomic mass is 15.3. The number of aryl methyl sites for hydroxylation is 1. The SMILES string of the molecule is CCCNc1cnnc(NCc2ccccc2C)n1. The second kappa shape index (κ2) is 6.68. The molecule has 0 radical (unpaired) electrons. The number of rotatable bonds is 6. The fraction of sp³-hybridized carbons (Fsp3) is 0.357. The Labute approximate surface area is 113 Å². The molecule has 1 aromatic heterocycles. The molecule has 2 N–H and O–H groups in total. The van der Waals surface area contributed by atoms with Gasteiger partial charge < -0.3 is 10.6 Å². The molecule has 0 aliphatic carbocycles. The van der Waals surface area contributed by atoms with Gasteiger partial charge >= 0.3 is 0 Å². The molecular weight excluding hydrogens is 238 g/mol. The van der Waals surface area contributed by atoms with Gasteiger partial charge in [0.2, 0.25) is 5.95 Å². The molecule has 0 saturated carbocycles. The number of benzene rings is 1. The molecular formula is C14H19N5. The first-order chi connectivity index (χ1) is 9.29. The van der Waals surface area contributed by atoms with Crippen LogP contribution in [0.3, 0.4) is 0 Å². The summed E-state index contributed by atoms with van der Waals surface area (Å²) < 4.78 is 0. The first-order valence-electron chi connectivity index (χ1n) is 6.51. The van der Waals surface area contributed by atoms with Crippen LogP contribution in [0.15, 0.2) is 30.5 Å². The van der Waals surface area contributed by atoms with Crippen LogP contribution in [-0.2, 0) is 6.54 Å². The number of nitrogens with one attached hydrogen (secondary N) is 2. The van der Waals surface area contributed by atoms with Gasteiger partial charge in [-0.3, -0.25) is 0 Å². The minimum absolute atomic E-state index is 0.546. The van der Waals surface area contributed by atoms with E-state index < -0.39 is 0 Å². The Kier molecular flexibility index (Phi) is 4.66. The molecule has 0 unspecified atom stereocenters. The second-order valence-corrected chi connectivity index (χ2v) is 4.37. The van der Waals surface area contributed by atoms with Gasteiger partial charge in [0, 0.05) is 13.1 Å². The largest absolute Gasteiger partial charge is 0.369 e. The van der Waals surface area contributed by atoms with Crippen molar-refractivity contribution in [2.45, 2.75) is 26.8 Å². The van der Waals surface area contributed by atoms with E-state index in [9.17, 15) is 0 Å². The van der Waals surface area contributed by atoms with Crippen LogP contribution in [-0.4, -0.2) is 21.7 Å². The number of hydrogen-bond donors (Lipinski definition) is 2. The Morgan fingerprint density at radius 2 is 2.00 bits per heavy atom. The Balaban J connectivity index is 1.98. The van der Waals surface area contributed by atoms with Gasteiger partial charge in [0.05, 0.1) is 6.20 Å². The lowest BCUT2D eigenvalue weighted by Crippen LogP contribution is -2.09. The standard InChI is InChI=1S/C14H19N5/c1-3-8-15-13-10-17-19-14(18-13)16-9-12-7-5-4-6-11(12)2/h4-7,10H,3,8-9H2,1-2H3,(H2,15,16,18,19). The van der Waals surface area contributed by atoms with E-state index in [0.29, 0.717) is 12.5 Å². The van der Waals surface area contributed by atoms with Crippen molar-refractivity contribution in [1.29, 1.82) is 0 Å². The molecule has 0 amide bonds. The predicted molar refractivity (Wildman–Crippen MR) is 77.1 cm³/mol. The Morgan fingerprint density at radius 1 is 1.16 bits per heavy atom. The molecule has 0 aliphatic heterocycles. The third-order valence-corrected chi connectivity index (χ3v) is 2.81. The molecule has 0 bridgehead atoms. The summed E-state index contributed by atoms with van der Waals surface area (Å²) in [6, 6.07) is 8.25. The van der Waals surface area contributed by atoms with E-state index in [1.54, 1.807) is 6.20 Å². The molecule has 0 aliphatic rings. The second-order valence-electron chi connectivity index (χ2n) is 4.37. The van der Waals surface area contributed by atoms with Crippen LogP contribution in [0, 0.1) is 6.92 Å². The molecule has 0 atom stereocenters. The number of anilines is 2. The van der Waals surface area contributed by atoms with Crippen molar-refractivity contribution in [3.63, 3.8) is 0 Å². The van der Waals surface area contributed by atoms with Crippen LogP contribution >= 0.6 is 0 Å². The van der Waals surface area contributed by atoms with Gasteiger partial charge in [-0.2, -0.15) is 10.1 Å². The van der Waals surface area contributed by atoms with Crippen molar-refractivity contribution in [1.82, 2.24) is 15.2 Å². The minimum Gasteiger partial charge on any atom is -0.369 e. The third kappa shape index (κ3) is 3.91. The highest BCUT2D eigenvalue weighted by Gasteiger charge is 2.01. The lowest BCUT2D eigenvalue weighted by atomic mass is 10.1. The van der Waals surface area contributed by atoms with Crippen LogP contribution in [0.1, 0.15) is 24.5 Å². The van der Waals surface area contributed by atoms with Gasteiger partial charge in [0.1, 0.15) is 5.82 Å². The summed E-state index contributed by atoms with van der Waals surface area (Å²) in [7, 11) is 0. The van der Waals surface area contributed by atoms with E-state index >= 15 is 0 Å². The normalized spacial score (nSPS) is 10.2. The first-order valence-corrected chi connectivity index (χ1v) is 6.51. The molecule has 5 nitrogen and oxygen atoms in total. The highest BCUT2D eigenvalue weighted by molar-refractivity contribution is 5.38.